The van der Waals surface area contributed by atoms with Gasteiger partial charge in [-0.25, -0.2) is 4.79 Å². The van der Waals surface area contributed by atoms with E-state index in [4.69, 9.17) is 16.3 Å². The summed E-state index contributed by atoms with van der Waals surface area (Å²) in [5.41, 5.74) is 0.607. The van der Waals surface area contributed by atoms with Crippen molar-refractivity contribution in [1.82, 2.24) is 10.2 Å². The van der Waals surface area contributed by atoms with Crippen molar-refractivity contribution in [3.63, 3.8) is 0 Å². The Kier molecular flexibility index (Phi) is 7.96. The number of urea groups is 1. The average Bonchev–Trinajstić information content (AvgIpc) is 3.10. The van der Waals surface area contributed by atoms with Gasteiger partial charge in [-0.2, -0.15) is 11.8 Å². The van der Waals surface area contributed by atoms with Gasteiger partial charge in [0.05, 0.1) is 6.61 Å². The van der Waals surface area contributed by atoms with E-state index in [9.17, 15) is 4.79 Å². The van der Waals surface area contributed by atoms with Crippen LogP contribution in [-0.4, -0.2) is 28.6 Å². The number of thioether (sulfide) groups is 1. The largest absolute Gasteiger partial charge is 0.493 e. The molecule has 2 N–H and O–H groups in total. The van der Waals surface area contributed by atoms with Crippen LogP contribution in [0.2, 0.25) is 5.02 Å². The van der Waals surface area contributed by atoms with Crippen LogP contribution in [0.15, 0.2) is 53.0 Å². The highest BCUT2D eigenvalue weighted by Crippen LogP contribution is 2.21. The monoisotopic (exact) mass is 498 g/mol. The minimum Gasteiger partial charge on any atom is -0.493 e. The molecule has 0 saturated heterocycles. The van der Waals surface area contributed by atoms with Crippen LogP contribution in [0.3, 0.4) is 0 Å². The van der Waals surface area contributed by atoms with E-state index in [0.717, 1.165) is 21.0 Å². The first-order valence-electron chi connectivity index (χ1n) is 8.20. The molecule has 3 aromatic rings. The van der Waals surface area contributed by atoms with Gasteiger partial charge in [-0.15, -0.1) is 10.2 Å². The molecule has 0 aliphatic carbocycles. The zero-order valence-corrected chi connectivity index (χ0v) is 18.5. The van der Waals surface area contributed by atoms with Crippen molar-refractivity contribution in [2.45, 2.75) is 5.75 Å². The molecule has 3 rings (SSSR count). The van der Waals surface area contributed by atoms with Crippen molar-refractivity contribution in [1.29, 1.82) is 0 Å². The third-order valence-electron chi connectivity index (χ3n) is 3.31. The topological polar surface area (TPSA) is 76.1 Å². The number of carbonyl (C=O) groups is 1. The highest BCUT2D eigenvalue weighted by molar-refractivity contribution is 9.10. The summed E-state index contributed by atoms with van der Waals surface area (Å²) >= 11 is 12.3. The second-order valence-corrected chi connectivity index (χ2v) is 8.96. The summed E-state index contributed by atoms with van der Waals surface area (Å²) < 4.78 is 6.70. The summed E-state index contributed by atoms with van der Waals surface area (Å²) in [7, 11) is 0. The molecule has 0 aliphatic rings. The summed E-state index contributed by atoms with van der Waals surface area (Å²) in [6.07, 6.45) is 0. The van der Waals surface area contributed by atoms with Crippen LogP contribution in [0.25, 0.3) is 0 Å². The van der Waals surface area contributed by atoms with Crippen molar-refractivity contribution >= 4 is 67.5 Å². The van der Waals surface area contributed by atoms with Crippen molar-refractivity contribution in [3.8, 4) is 5.75 Å². The molecule has 0 fully saturated rings. The predicted octanol–water partition coefficient (Wildman–Crippen LogP) is 5.91. The Morgan fingerprint density at radius 2 is 2.00 bits per heavy atom. The zero-order chi connectivity index (χ0) is 19.8. The second-order valence-electron chi connectivity index (χ2n) is 5.45. The fraction of sp³-hybridized carbons (Fsp3) is 0.167. The fourth-order valence-electron chi connectivity index (χ4n) is 2.10. The van der Waals surface area contributed by atoms with Crippen LogP contribution in [0.5, 0.6) is 5.75 Å². The molecule has 0 bridgehead atoms. The van der Waals surface area contributed by atoms with Gasteiger partial charge in [0.2, 0.25) is 5.13 Å². The molecular weight excluding hydrogens is 484 g/mol. The van der Waals surface area contributed by atoms with Crippen LogP contribution in [0.1, 0.15) is 5.01 Å². The standard InChI is InChI=1S/C18H16BrClN4O2S2/c19-12-4-6-15(7-5-12)26-8-9-27-11-16-23-24-18(28-16)22-17(25)21-14-3-1-2-13(20)10-14/h1-7,10H,8-9,11H2,(H2,21,22,24,25). The van der Waals surface area contributed by atoms with Crippen LogP contribution >= 0.6 is 50.6 Å². The summed E-state index contributed by atoms with van der Waals surface area (Å²) in [5.74, 6) is 2.38. The SMILES string of the molecule is O=C(Nc1cccc(Cl)c1)Nc1nnc(CSCCOc2ccc(Br)cc2)s1. The Balaban J connectivity index is 1.36. The third kappa shape index (κ3) is 6.97. The molecule has 6 nitrogen and oxygen atoms in total. The predicted molar refractivity (Wildman–Crippen MR) is 120 cm³/mol. The number of ether oxygens (including phenoxy) is 1. The molecule has 2 amide bonds. The maximum absolute atomic E-state index is 12.0. The number of halogens is 2. The molecule has 1 aromatic heterocycles. The van der Waals surface area contributed by atoms with E-state index in [1.807, 2.05) is 24.3 Å². The molecule has 0 saturated carbocycles. The smallest absolute Gasteiger partial charge is 0.325 e. The Morgan fingerprint density at radius 1 is 1.18 bits per heavy atom. The number of aromatic nitrogens is 2. The van der Waals surface area contributed by atoms with Crippen LogP contribution < -0.4 is 15.4 Å². The van der Waals surface area contributed by atoms with Crippen molar-refractivity contribution in [2.75, 3.05) is 23.0 Å². The number of anilines is 2. The van der Waals surface area contributed by atoms with E-state index in [1.54, 1.807) is 36.0 Å². The zero-order valence-electron chi connectivity index (χ0n) is 14.5. The maximum atomic E-state index is 12.0. The van der Waals surface area contributed by atoms with Crippen LogP contribution in [0, 0.1) is 0 Å². The van der Waals surface area contributed by atoms with E-state index in [0.29, 0.717) is 28.2 Å². The van der Waals surface area contributed by atoms with Gasteiger partial charge in [0, 0.05) is 26.7 Å². The number of nitrogens with one attached hydrogen (secondary N) is 2. The van der Waals surface area contributed by atoms with Gasteiger partial charge in [0.15, 0.2) is 0 Å². The van der Waals surface area contributed by atoms with Crippen LogP contribution in [-0.2, 0) is 5.75 Å². The van der Waals surface area contributed by atoms with Gasteiger partial charge in [-0.3, -0.25) is 5.32 Å². The second kappa shape index (κ2) is 10.7. The van der Waals surface area contributed by atoms with Gasteiger partial charge < -0.3 is 10.1 Å². The molecule has 0 spiro atoms. The summed E-state index contributed by atoms with van der Waals surface area (Å²) in [5, 5.41) is 15.3. The minimum absolute atomic E-state index is 0.388. The first-order chi connectivity index (χ1) is 13.6. The summed E-state index contributed by atoms with van der Waals surface area (Å²) in [4.78, 5) is 12.0. The molecule has 10 heteroatoms. The Morgan fingerprint density at radius 3 is 2.79 bits per heavy atom. The molecule has 0 aliphatic heterocycles. The molecule has 146 valence electrons. The Bertz CT molecular complexity index is 924. The average molecular weight is 500 g/mol. The fourth-order valence-corrected chi connectivity index (χ4v) is 4.15. The van der Waals surface area contributed by atoms with Gasteiger partial charge in [0.1, 0.15) is 10.8 Å². The Hall–Kier alpha value is -1.81. The minimum atomic E-state index is -0.388. The molecule has 2 aromatic carbocycles. The molecule has 28 heavy (non-hydrogen) atoms. The van der Waals surface area contributed by atoms with Crippen LogP contribution in [0.4, 0.5) is 15.6 Å². The summed E-state index contributed by atoms with van der Waals surface area (Å²) in [6.45, 7) is 0.609. The summed E-state index contributed by atoms with van der Waals surface area (Å²) in [6, 6.07) is 14.3. The van der Waals surface area contributed by atoms with Crippen molar-refractivity contribution in [2.24, 2.45) is 0 Å². The van der Waals surface area contributed by atoms with E-state index in [2.05, 4.69) is 36.8 Å². The number of hydrogen-bond donors (Lipinski definition) is 2. The molecule has 1 heterocycles. The van der Waals surface area contributed by atoms with Gasteiger partial charge in [-0.1, -0.05) is 44.9 Å². The van der Waals surface area contributed by atoms with Crippen molar-refractivity contribution in [3.05, 3.63) is 63.0 Å². The Labute approximate surface area is 184 Å². The maximum Gasteiger partial charge on any atom is 0.325 e. The van der Waals surface area contributed by atoms with E-state index < -0.39 is 0 Å². The van der Waals surface area contributed by atoms with E-state index >= 15 is 0 Å². The number of carbonyl (C=O) groups excluding carboxylic acids is 1. The highest BCUT2D eigenvalue weighted by Gasteiger charge is 2.09. The highest BCUT2D eigenvalue weighted by atomic mass is 79.9. The lowest BCUT2D eigenvalue weighted by Crippen LogP contribution is -2.19. The van der Waals surface area contributed by atoms with Gasteiger partial charge in [0.25, 0.3) is 0 Å². The number of amides is 2. The van der Waals surface area contributed by atoms with E-state index in [1.165, 1.54) is 11.3 Å². The van der Waals surface area contributed by atoms with Crippen molar-refractivity contribution < 1.29 is 9.53 Å². The van der Waals surface area contributed by atoms with Gasteiger partial charge >= 0.3 is 6.03 Å². The quantitative estimate of drug-likeness (QED) is 0.377. The number of benzene rings is 2. The normalized spacial score (nSPS) is 10.5. The van der Waals surface area contributed by atoms with E-state index in [-0.39, 0.29) is 6.03 Å². The lowest BCUT2D eigenvalue weighted by atomic mass is 10.3. The molecule has 0 atom stereocenters. The first kappa shape index (κ1) is 20.9. The molecule has 0 unspecified atom stereocenters. The molecular formula is C18H16BrClN4O2S2. The third-order valence-corrected chi connectivity index (χ3v) is 6.02. The first-order valence-corrected chi connectivity index (χ1v) is 11.3. The lowest BCUT2D eigenvalue weighted by molar-refractivity contribution is 0.262. The number of hydrogen-bond acceptors (Lipinski definition) is 6. The number of rotatable bonds is 8. The van der Waals surface area contributed by atoms with Gasteiger partial charge in [-0.05, 0) is 42.5 Å². The lowest BCUT2D eigenvalue weighted by Gasteiger charge is -2.05. The number of nitrogens with zero attached hydrogens (tertiary/aromatic N) is 2. The molecule has 0 radical (unpaired) electrons.